The van der Waals surface area contributed by atoms with Crippen LogP contribution >= 0.6 is 0 Å². The largest absolute Gasteiger partial charge is 0.507 e. The van der Waals surface area contributed by atoms with Crippen LogP contribution in [0.2, 0.25) is 0 Å². The van der Waals surface area contributed by atoms with Crippen LogP contribution in [0.5, 0.6) is 11.5 Å². The third kappa shape index (κ3) is 8.44. The number of rotatable bonds is 15. The zero-order chi connectivity index (χ0) is 21.0. The summed E-state index contributed by atoms with van der Waals surface area (Å²) in [5.74, 6) is 1.11. The third-order valence-corrected chi connectivity index (χ3v) is 6.30. The molecular weight excluding hydrogens is 356 g/mol. The van der Waals surface area contributed by atoms with Crippen LogP contribution in [-0.4, -0.2) is 10.7 Å². The quantitative estimate of drug-likeness (QED) is 0.298. The summed E-state index contributed by atoms with van der Waals surface area (Å²) in [5, 5.41) is 10.1. The fourth-order valence-corrected chi connectivity index (χ4v) is 4.34. The van der Waals surface area contributed by atoms with Crippen molar-refractivity contribution in [3.8, 4) is 11.5 Å². The molecule has 0 radical (unpaired) electrons. The van der Waals surface area contributed by atoms with Gasteiger partial charge in [0.1, 0.15) is 17.1 Å². The lowest BCUT2D eigenvalue weighted by atomic mass is 9.88. The maximum absolute atomic E-state index is 10.1. The van der Waals surface area contributed by atoms with Gasteiger partial charge in [0.05, 0.1) is 5.56 Å². The zero-order valence-electron chi connectivity index (χ0n) is 19.3. The molecule has 0 amide bonds. The Bertz CT molecular complexity index is 615. The van der Waals surface area contributed by atoms with Crippen LogP contribution < -0.4 is 4.74 Å². The van der Waals surface area contributed by atoms with Crippen molar-refractivity contribution in [3.63, 3.8) is 0 Å². The van der Waals surface area contributed by atoms with Gasteiger partial charge in [-0.1, -0.05) is 96.5 Å². The minimum atomic E-state index is -0.280. The molecule has 29 heavy (non-hydrogen) atoms. The van der Waals surface area contributed by atoms with E-state index in [1.165, 1.54) is 95.5 Å². The third-order valence-electron chi connectivity index (χ3n) is 6.30. The van der Waals surface area contributed by atoms with Gasteiger partial charge in [-0.15, -0.1) is 0 Å². The second kappa shape index (κ2) is 13.0. The van der Waals surface area contributed by atoms with Crippen molar-refractivity contribution in [2.24, 2.45) is 0 Å². The van der Waals surface area contributed by atoms with Gasteiger partial charge in [-0.2, -0.15) is 0 Å². The monoisotopic (exact) mass is 400 g/mol. The number of ether oxygens (including phenoxy) is 1. The average Bonchev–Trinajstić information content (AvgIpc) is 2.68. The summed E-state index contributed by atoms with van der Waals surface area (Å²) in [6.07, 6.45) is 22.6. The maximum atomic E-state index is 10.1. The van der Waals surface area contributed by atoms with Crippen LogP contribution in [0.3, 0.4) is 0 Å². The molecule has 0 saturated carbocycles. The van der Waals surface area contributed by atoms with Crippen molar-refractivity contribution < 1.29 is 9.84 Å². The fraction of sp³-hybridized carbons (Fsp3) is 0.704. The van der Waals surface area contributed by atoms with E-state index in [4.69, 9.17) is 4.74 Å². The Labute approximate surface area is 179 Å². The first-order chi connectivity index (χ1) is 14.0. The molecule has 1 heterocycles. The fourth-order valence-electron chi connectivity index (χ4n) is 4.34. The second-order valence-corrected chi connectivity index (χ2v) is 9.32. The molecular formula is C27H44O2. The minimum Gasteiger partial charge on any atom is -0.507 e. The van der Waals surface area contributed by atoms with Gasteiger partial charge in [0.25, 0.3) is 0 Å². The van der Waals surface area contributed by atoms with Gasteiger partial charge in [-0.25, -0.2) is 0 Å². The first-order valence-corrected chi connectivity index (χ1v) is 12.3. The molecule has 0 bridgehead atoms. The number of benzene rings is 1. The van der Waals surface area contributed by atoms with Gasteiger partial charge in [0.2, 0.25) is 0 Å². The lowest BCUT2D eigenvalue weighted by molar-refractivity contribution is 0.140. The van der Waals surface area contributed by atoms with Crippen LogP contribution in [0, 0.1) is 0 Å². The molecule has 164 valence electrons. The highest BCUT2D eigenvalue weighted by molar-refractivity contribution is 5.69. The van der Waals surface area contributed by atoms with Gasteiger partial charge >= 0.3 is 0 Å². The molecule has 0 atom stereocenters. The SMILES string of the molecule is CCCCCCCCCCCCCCCCC1=Cc2c(O)cccc2OC1(C)C. The first-order valence-electron chi connectivity index (χ1n) is 12.3. The lowest BCUT2D eigenvalue weighted by Crippen LogP contribution is -2.33. The second-order valence-electron chi connectivity index (χ2n) is 9.32. The van der Waals surface area contributed by atoms with Gasteiger partial charge in [0, 0.05) is 0 Å². The summed E-state index contributed by atoms with van der Waals surface area (Å²) in [6, 6.07) is 5.52. The molecule has 1 N–H and O–H groups in total. The van der Waals surface area contributed by atoms with Crippen LogP contribution in [-0.2, 0) is 0 Å². The summed E-state index contributed by atoms with van der Waals surface area (Å²) < 4.78 is 6.15. The van der Waals surface area contributed by atoms with Crippen molar-refractivity contribution in [3.05, 3.63) is 29.3 Å². The zero-order valence-corrected chi connectivity index (χ0v) is 19.3. The van der Waals surface area contributed by atoms with E-state index in [9.17, 15) is 5.11 Å². The van der Waals surface area contributed by atoms with Crippen LogP contribution in [0.4, 0.5) is 0 Å². The van der Waals surface area contributed by atoms with Crippen molar-refractivity contribution in [1.82, 2.24) is 0 Å². The van der Waals surface area contributed by atoms with Crippen LogP contribution in [0.1, 0.15) is 123 Å². The van der Waals surface area contributed by atoms with Gasteiger partial charge in [-0.05, 0) is 50.5 Å². The maximum Gasteiger partial charge on any atom is 0.131 e. The van der Waals surface area contributed by atoms with E-state index in [0.717, 1.165) is 17.7 Å². The van der Waals surface area contributed by atoms with E-state index in [0.29, 0.717) is 5.75 Å². The number of phenols is 1. The topological polar surface area (TPSA) is 29.5 Å². The van der Waals surface area contributed by atoms with Crippen LogP contribution in [0.25, 0.3) is 6.08 Å². The normalized spacial score (nSPS) is 14.9. The molecule has 0 unspecified atom stereocenters. The number of unbranched alkanes of at least 4 members (excludes halogenated alkanes) is 13. The van der Waals surface area contributed by atoms with Crippen molar-refractivity contribution in [2.45, 2.75) is 123 Å². The Kier molecular flexibility index (Phi) is 10.7. The Hall–Kier alpha value is -1.44. The number of hydrogen-bond donors (Lipinski definition) is 1. The Morgan fingerprint density at radius 1 is 0.759 bits per heavy atom. The standard InChI is InChI=1S/C27H44O2/c1-4-5-6-7-8-9-10-11-12-13-14-15-16-17-19-23-22-24-25(28)20-18-21-26(24)29-27(23,2)3/h18,20-22,28H,4-17,19H2,1-3H3. The van der Waals surface area contributed by atoms with Gasteiger partial charge in [0.15, 0.2) is 0 Å². The Morgan fingerprint density at radius 3 is 1.83 bits per heavy atom. The number of phenolic OH excluding ortho intramolecular Hbond substituents is 1. The Balaban J connectivity index is 1.53. The van der Waals surface area contributed by atoms with E-state index in [1.807, 2.05) is 12.1 Å². The summed E-state index contributed by atoms with van der Waals surface area (Å²) >= 11 is 0. The van der Waals surface area contributed by atoms with Crippen LogP contribution in [0.15, 0.2) is 23.8 Å². The average molecular weight is 401 g/mol. The highest BCUT2D eigenvalue weighted by Crippen LogP contribution is 2.41. The summed E-state index contributed by atoms with van der Waals surface area (Å²) in [4.78, 5) is 0. The molecule has 2 nitrogen and oxygen atoms in total. The molecule has 2 rings (SSSR count). The lowest BCUT2D eigenvalue weighted by Gasteiger charge is -2.34. The highest BCUT2D eigenvalue weighted by atomic mass is 16.5. The number of hydrogen-bond acceptors (Lipinski definition) is 2. The summed E-state index contributed by atoms with van der Waals surface area (Å²) in [7, 11) is 0. The van der Waals surface area contributed by atoms with E-state index < -0.39 is 0 Å². The van der Waals surface area contributed by atoms with E-state index in [-0.39, 0.29) is 5.60 Å². The predicted molar refractivity (Wildman–Crippen MR) is 126 cm³/mol. The molecule has 1 aromatic rings. The molecule has 1 aromatic carbocycles. The Morgan fingerprint density at radius 2 is 1.28 bits per heavy atom. The van der Waals surface area contributed by atoms with Gasteiger partial charge < -0.3 is 9.84 Å². The molecule has 2 heteroatoms. The van der Waals surface area contributed by atoms with Crippen molar-refractivity contribution >= 4 is 6.08 Å². The van der Waals surface area contributed by atoms with E-state index in [1.54, 1.807) is 6.07 Å². The predicted octanol–water partition coefficient (Wildman–Crippen LogP) is 8.82. The van der Waals surface area contributed by atoms with Gasteiger partial charge in [-0.3, -0.25) is 0 Å². The minimum absolute atomic E-state index is 0.280. The molecule has 0 fully saturated rings. The van der Waals surface area contributed by atoms with E-state index >= 15 is 0 Å². The summed E-state index contributed by atoms with van der Waals surface area (Å²) in [6.45, 7) is 6.55. The molecule has 0 saturated heterocycles. The smallest absolute Gasteiger partial charge is 0.131 e. The molecule has 1 aliphatic rings. The molecule has 0 aromatic heterocycles. The molecule has 0 spiro atoms. The molecule has 0 aliphatic carbocycles. The van der Waals surface area contributed by atoms with E-state index in [2.05, 4.69) is 26.8 Å². The van der Waals surface area contributed by atoms with Crippen molar-refractivity contribution in [1.29, 1.82) is 0 Å². The van der Waals surface area contributed by atoms with Crippen molar-refractivity contribution in [2.75, 3.05) is 0 Å². The highest BCUT2D eigenvalue weighted by Gasteiger charge is 2.30. The first kappa shape index (κ1) is 23.8. The number of aromatic hydroxyl groups is 1. The summed E-state index contributed by atoms with van der Waals surface area (Å²) in [5.41, 5.74) is 1.86. The molecule has 1 aliphatic heterocycles. The number of fused-ring (bicyclic) bond motifs is 1.